The van der Waals surface area contributed by atoms with Crippen LogP contribution in [0.2, 0.25) is 0 Å². The van der Waals surface area contributed by atoms with Crippen molar-refractivity contribution in [3.63, 3.8) is 0 Å². The molecule has 0 aromatic heterocycles. The monoisotopic (exact) mass is 614 g/mol. The highest BCUT2D eigenvalue weighted by Crippen LogP contribution is 2.37. The molecule has 0 radical (unpaired) electrons. The Kier molecular flexibility index (Phi) is 9.09. The summed E-state index contributed by atoms with van der Waals surface area (Å²) in [5.74, 6) is -1.66. The Hall–Kier alpha value is -3.13. The number of methoxy groups -OCH3 is 1. The van der Waals surface area contributed by atoms with Gasteiger partial charge in [-0.3, -0.25) is 19.3 Å². The lowest BCUT2D eigenvalue weighted by molar-refractivity contribution is -0.143. The molecule has 0 saturated carbocycles. The first-order valence-corrected chi connectivity index (χ1v) is 12.1. The first kappa shape index (κ1) is 26.5. The summed E-state index contributed by atoms with van der Waals surface area (Å²) in [7, 11) is 1.25. The van der Waals surface area contributed by atoms with Gasteiger partial charge in [-0.1, -0.05) is 6.07 Å². The zero-order chi connectivity index (χ0) is 25.5. The predicted octanol–water partition coefficient (Wildman–Crippen LogP) is 4.06. The number of halogens is 2. The summed E-state index contributed by atoms with van der Waals surface area (Å²) in [6.45, 7) is 1.29. The summed E-state index contributed by atoms with van der Waals surface area (Å²) in [5.41, 5.74) is 0.767. The van der Waals surface area contributed by atoms with Crippen molar-refractivity contribution in [2.45, 2.75) is 6.92 Å². The minimum Gasteiger partial charge on any atom is -0.490 e. The fraction of sp³-hybridized carbons (Fsp3) is 0.217. The van der Waals surface area contributed by atoms with Crippen LogP contribution in [0, 0.1) is 9.39 Å². The fourth-order valence-electron chi connectivity index (χ4n) is 2.96. The number of carbonyl (C=O) groups excluding carboxylic acids is 4. The van der Waals surface area contributed by atoms with Gasteiger partial charge in [-0.05, 0) is 83.2 Å². The molecule has 3 amide bonds. The summed E-state index contributed by atoms with van der Waals surface area (Å²) < 4.78 is 29.6. The molecule has 0 unspecified atom stereocenters. The average molecular weight is 614 g/mol. The van der Waals surface area contributed by atoms with Crippen molar-refractivity contribution in [3.05, 3.63) is 56.3 Å². The van der Waals surface area contributed by atoms with Crippen LogP contribution in [0.1, 0.15) is 12.5 Å². The van der Waals surface area contributed by atoms with Crippen LogP contribution in [-0.2, 0) is 19.1 Å². The molecular formula is C23H20FIN2O7S. The number of hydrogen-bond acceptors (Lipinski definition) is 8. The molecule has 0 aliphatic carbocycles. The van der Waals surface area contributed by atoms with Gasteiger partial charge in [0.05, 0.1) is 22.2 Å². The lowest BCUT2D eigenvalue weighted by Gasteiger charge is -2.14. The molecule has 184 valence electrons. The number of rotatable bonds is 9. The van der Waals surface area contributed by atoms with Gasteiger partial charge >= 0.3 is 5.97 Å². The summed E-state index contributed by atoms with van der Waals surface area (Å²) in [4.78, 5) is 49.9. The number of thioether (sulfide) groups is 1. The van der Waals surface area contributed by atoms with Crippen molar-refractivity contribution in [2.75, 3.05) is 32.2 Å². The molecule has 1 aliphatic rings. The number of nitrogens with zero attached hydrogens (tertiary/aromatic N) is 1. The quantitative estimate of drug-likeness (QED) is 0.256. The van der Waals surface area contributed by atoms with E-state index < -0.39 is 35.4 Å². The summed E-state index contributed by atoms with van der Waals surface area (Å²) >= 11 is 2.70. The second kappa shape index (κ2) is 12.0. The number of carbonyl (C=O) groups is 4. The molecule has 1 aliphatic heterocycles. The third kappa shape index (κ3) is 6.94. The molecule has 0 atom stereocenters. The number of anilines is 1. The smallest absolute Gasteiger partial charge is 0.343 e. The number of ether oxygens (including phenoxy) is 3. The maximum absolute atomic E-state index is 13.3. The number of amides is 3. The van der Waals surface area contributed by atoms with Crippen LogP contribution in [0.4, 0.5) is 14.9 Å². The Labute approximate surface area is 218 Å². The summed E-state index contributed by atoms with van der Waals surface area (Å²) in [5, 5.41) is 1.85. The molecule has 3 rings (SSSR count). The molecule has 1 saturated heterocycles. The third-order valence-electron chi connectivity index (χ3n) is 4.48. The predicted molar refractivity (Wildman–Crippen MR) is 136 cm³/mol. The first-order chi connectivity index (χ1) is 16.7. The minimum atomic E-state index is -0.639. The van der Waals surface area contributed by atoms with Gasteiger partial charge in [0.25, 0.3) is 11.1 Å². The minimum absolute atomic E-state index is 0.120. The van der Waals surface area contributed by atoms with Crippen LogP contribution < -0.4 is 14.8 Å². The second-order valence-corrected chi connectivity index (χ2v) is 9.11. The van der Waals surface area contributed by atoms with Crippen molar-refractivity contribution in [1.29, 1.82) is 0 Å². The van der Waals surface area contributed by atoms with Crippen molar-refractivity contribution < 1.29 is 37.8 Å². The Morgan fingerprint density at radius 2 is 1.97 bits per heavy atom. The summed E-state index contributed by atoms with van der Waals surface area (Å²) in [6.07, 6.45) is 1.50. The average Bonchev–Trinajstić information content (AvgIpc) is 3.05. The molecule has 0 spiro atoms. The topological polar surface area (TPSA) is 111 Å². The SMILES string of the molecule is CCOc1cc(/C=C2/SC(=O)N(CC(=O)Nc3cccc(F)c3)C2=O)cc(I)c1OCC(=O)OC. The number of benzene rings is 2. The lowest BCUT2D eigenvalue weighted by atomic mass is 10.2. The Morgan fingerprint density at radius 3 is 2.66 bits per heavy atom. The lowest BCUT2D eigenvalue weighted by Crippen LogP contribution is -2.36. The van der Waals surface area contributed by atoms with E-state index >= 15 is 0 Å². The van der Waals surface area contributed by atoms with E-state index in [2.05, 4.69) is 10.1 Å². The van der Waals surface area contributed by atoms with Gasteiger partial charge in [0, 0.05) is 5.69 Å². The van der Waals surface area contributed by atoms with Gasteiger partial charge < -0.3 is 19.5 Å². The molecular weight excluding hydrogens is 594 g/mol. The van der Waals surface area contributed by atoms with E-state index in [4.69, 9.17) is 9.47 Å². The van der Waals surface area contributed by atoms with Crippen LogP contribution in [0.3, 0.4) is 0 Å². The van der Waals surface area contributed by atoms with Crippen molar-refractivity contribution in [1.82, 2.24) is 4.90 Å². The molecule has 1 heterocycles. The van der Waals surface area contributed by atoms with Gasteiger partial charge in [-0.2, -0.15) is 0 Å². The van der Waals surface area contributed by atoms with Gasteiger partial charge in [-0.25, -0.2) is 9.18 Å². The van der Waals surface area contributed by atoms with E-state index in [-0.39, 0.29) is 17.2 Å². The molecule has 9 nitrogen and oxygen atoms in total. The third-order valence-corrected chi connectivity index (χ3v) is 6.18. The number of imide groups is 1. The van der Waals surface area contributed by atoms with Crippen LogP contribution in [0.25, 0.3) is 6.08 Å². The van der Waals surface area contributed by atoms with E-state index in [0.29, 0.717) is 39.0 Å². The molecule has 1 N–H and O–H groups in total. The first-order valence-electron chi connectivity index (χ1n) is 10.2. The van der Waals surface area contributed by atoms with E-state index in [9.17, 15) is 23.6 Å². The molecule has 12 heteroatoms. The maximum atomic E-state index is 13.3. The Bertz CT molecular complexity index is 1200. The van der Waals surface area contributed by atoms with Crippen LogP contribution in [0.5, 0.6) is 11.5 Å². The number of nitrogens with one attached hydrogen (secondary N) is 1. The Balaban J connectivity index is 1.76. The zero-order valence-corrected chi connectivity index (χ0v) is 21.6. The standard InChI is InChI=1S/C23H20FIN2O7S/c1-3-33-17-8-13(7-16(25)21(17)34-12-20(29)32-2)9-18-22(30)27(23(31)35-18)11-19(28)26-15-6-4-5-14(24)10-15/h4-10H,3,11-12H2,1-2H3,(H,26,28)/b18-9+. The molecule has 0 bridgehead atoms. The zero-order valence-electron chi connectivity index (χ0n) is 18.6. The van der Waals surface area contributed by atoms with Crippen LogP contribution in [0.15, 0.2) is 41.3 Å². The maximum Gasteiger partial charge on any atom is 0.343 e. The van der Waals surface area contributed by atoms with Gasteiger partial charge in [0.1, 0.15) is 12.4 Å². The van der Waals surface area contributed by atoms with Crippen molar-refractivity contribution >= 4 is 69.1 Å². The molecule has 1 fully saturated rings. The highest BCUT2D eigenvalue weighted by atomic mass is 127. The highest BCUT2D eigenvalue weighted by Gasteiger charge is 2.36. The van der Waals surface area contributed by atoms with Crippen LogP contribution in [-0.4, -0.2) is 54.8 Å². The van der Waals surface area contributed by atoms with Crippen molar-refractivity contribution in [3.8, 4) is 11.5 Å². The van der Waals surface area contributed by atoms with E-state index in [1.54, 1.807) is 19.1 Å². The van der Waals surface area contributed by atoms with Gasteiger partial charge in [0.2, 0.25) is 5.91 Å². The molecule has 35 heavy (non-hydrogen) atoms. The van der Waals surface area contributed by atoms with Gasteiger partial charge in [-0.15, -0.1) is 0 Å². The van der Waals surface area contributed by atoms with E-state index in [1.165, 1.54) is 31.4 Å². The second-order valence-electron chi connectivity index (χ2n) is 6.95. The molecule has 2 aromatic carbocycles. The normalized spacial score (nSPS) is 14.3. The number of hydrogen-bond donors (Lipinski definition) is 1. The van der Waals surface area contributed by atoms with Gasteiger partial charge in [0.15, 0.2) is 18.1 Å². The highest BCUT2D eigenvalue weighted by molar-refractivity contribution is 14.1. The van der Waals surface area contributed by atoms with Crippen molar-refractivity contribution in [2.24, 2.45) is 0 Å². The van der Waals surface area contributed by atoms with Crippen LogP contribution >= 0.6 is 34.4 Å². The number of esters is 1. The summed E-state index contributed by atoms with van der Waals surface area (Å²) in [6, 6.07) is 8.58. The fourth-order valence-corrected chi connectivity index (χ4v) is 4.58. The van der Waals surface area contributed by atoms with E-state index in [0.717, 1.165) is 11.0 Å². The Morgan fingerprint density at radius 1 is 1.20 bits per heavy atom. The molecule has 2 aromatic rings. The van der Waals surface area contributed by atoms with E-state index in [1.807, 2.05) is 22.6 Å². The largest absolute Gasteiger partial charge is 0.490 e.